The number of hydrogen-bond acceptors (Lipinski definition) is 4. The number of fused-ring (bicyclic) bond motifs is 1. The minimum absolute atomic E-state index is 0.897. The summed E-state index contributed by atoms with van der Waals surface area (Å²) in [6, 6.07) is 8.24. The predicted octanol–water partition coefficient (Wildman–Crippen LogP) is 1.92. The summed E-state index contributed by atoms with van der Waals surface area (Å²) in [7, 11) is 1.69. The Bertz CT molecular complexity index is 581. The molecule has 0 amide bonds. The second-order valence-corrected chi connectivity index (χ2v) is 5.02. The maximum absolute atomic E-state index is 5.18. The zero-order chi connectivity index (χ0) is 13.8. The first-order chi connectivity index (χ1) is 9.86. The van der Waals surface area contributed by atoms with Crippen LogP contribution in [0, 0.1) is 0 Å². The van der Waals surface area contributed by atoms with Gasteiger partial charge in [0.1, 0.15) is 12.1 Å². The van der Waals surface area contributed by atoms with E-state index in [1.807, 2.05) is 12.1 Å². The third kappa shape index (κ3) is 2.80. The quantitative estimate of drug-likeness (QED) is 0.921. The van der Waals surface area contributed by atoms with Gasteiger partial charge in [0.05, 0.1) is 7.11 Å². The zero-order valence-corrected chi connectivity index (χ0v) is 11.7. The van der Waals surface area contributed by atoms with Crippen LogP contribution in [0.5, 0.6) is 5.75 Å². The molecule has 0 fully saturated rings. The number of hydrogen-bond donors (Lipinski definition) is 1. The fraction of sp³-hybridized carbons (Fsp3) is 0.375. The van der Waals surface area contributed by atoms with Crippen LogP contribution in [0.15, 0.2) is 30.6 Å². The van der Waals surface area contributed by atoms with Crippen molar-refractivity contribution in [3.63, 3.8) is 0 Å². The van der Waals surface area contributed by atoms with E-state index < -0.39 is 0 Å². The first kappa shape index (κ1) is 13.1. The molecular weight excluding hydrogens is 250 g/mol. The maximum atomic E-state index is 5.18. The number of ether oxygens (including phenoxy) is 1. The van der Waals surface area contributed by atoms with Gasteiger partial charge < -0.3 is 10.1 Å². The number of benzene rings is 1. The molecule has 0 spiro atoms. The monoisotopic (exact) mass is 269 g/mol. The van der Waals surface area contributed by atoms with Crippen molar-refractivity contribution in [2.75, 3.05) is 13.7 Å². The molecule has 4 heteroatoms. The molecular formula is C16H19N3O. The van der Waals surface area contributed by atoms with Crippen LogP contribution in [-0.2, 0) is 25.8 Å². The van der Waals surface area contributed by atoms with Crippen molar-refractivity contribution < 1.29 is 4.74 Å². The van der Waals surface area contributed by atoms with Gasteiger partial charge in [-0.1, -0.05) is 12.1 Å². The molecule has 1 aliphatic heterocycles. The van der Waals surface area contributed by atoms with E-state index in [4.69, 9.17) is 4.74 Å². The molecule has 2 aromatic rings. The van der Waals surface area contributed by atoms with Gasteiger partial charge in [0.25, 0.3) is 0 Å². The van der Waals surface area contributed by atoms with Crippen molar-refractivity contribution in [2.45, 2.75) is 25.8 Å². The average molecular weight is 269 g/mol. The van der Waals surface area contributed by atoms with Crippen LogP contribution >= 0.6 is 0 Å². The van der Waals surface area contributed by atoms with E-state index in [1.54, 1.807) is 13.4 Å². The summed E-state index contributed by atoms with van der Waals surface area (Å²) >= 11 is 0. The largest absolute Gasteiger partial charge is 0.497 e. The van der Waals surface area contributed by atoms with Crippen LogP contribution in [0.25, 0.3) is 0 Å². The molecule has 0 saturated carbocycles. The molecule has 0 radical (unpaired) electrons. The van der Waals surface area contributed by atoms with E-state index in [0.717, 1.165) is 38.1 Å². The molecule has 1 aromatic heterocycles. The number of aromatic nitrogens is 2. The molecule has 2 heterocycles. The lowest BCUT2D eigenvalue weighted by molar-refractivity contribution is 0.414. The van der Waals surface area contributed by atoms with E-state index in [-0.39, 0.29) is 0 Å². The van der Waals surface area contributed by atoms with Gasteiger partial charge in [-0.3, -0.25) is 0 Å². The highest BCUT2D eigenvalue weighted by Gasteiger charge is 2.14. The molecule has 104 valence electrons. The fourth-order valence-electron chi connectivity index (χ4n) is 2.60. The lowest BCUT2D eigenvalue weighted by Crippen LogP contribution is -2.26. The van der Waals surface area contributed by atoms with Crippen molar-refractivity contribution in [2.24, 2.45) is 0 Å². The Balaban J connectivity index is 1.71. The van der Waals surface area contributed by atoms with E-state index >= 15 is 0 Å². The highest BCUT2D eigenvalue weighted by Crippen LogP contribution is 2.17. The molecule has 4 nitrogen and oxygen atoms in total. The molecule has 0 unspecified atom stereocenters. The first-order valence-corrected chi connectivity index (χ1v) is 7.02. The van der Waals surface area contributed by atoms with Crippen LogP contribution in [0.1, 0.15) is 22.5 Å². The Morgan fingerprint density at radius 2 is 2.00 bits per heavy atom. The Morgan fingerprint density at radius 3 is 2.80 bits per heavy atom. The number of nitrogens with zero attached hydrogens (tertiary/aromatic N) is 2. The summed E-state index contributed by atoms with van der Waals surface area (Å²) in [6.07, 6.45) is 4.66. The minimum atomic E-state index is 0.897. The van der Waals surface area contributed by atoms with Crippen LogP contribution in [0.2, 0.25) is 0 Å². The van der Waals surface area contributed by atoms with Crippen molar-refractivity contribution in [3.05, 3.63) is 53.1 Å². The number of methoxy groups -OCH3 is 1. The second kappa shape index (κ2) is 6.01. The summed E-state index contributed by atoms with van der Waals surface area (Å²) in [5.74, 6) is 0.900. The first-order valence-electron chi connectivity index (χ1n) is 7.02. The Labute approximate surface area is 119 Å². The smallest absolute Gasteiger partial charge is 0.118 e. The topological polar surface area (TPSA) is 47.0 Å². The van der Waals surface area contributed by atoms with Gasteiger partial charge in [0.2, 0.25) is 0 Å². The summed E-state index contributed by atoms with van der Waals surface area (Å²) in [5.41, 5.74) is 5.00. The molecule has 20 heavy (non-hydrogen) atoms. The van der Waals surface area contributed by atoms with Crippen molar-refractivity contribution in [1.82, 2.24) is 15.3 Å². The maximum Gasteiger partial charge on any atom is 0.118 e. The second-order valence-electron chi connectivity index (χ2n) is 5.02. The van der Waals surface area contributed by atoms with Gasteiger partial charge in [0, 0.05) is 36.5 Å². The Kier molecular flexibility index (Phi) is 3.92. The minimum Gasteiger partial charge on any atom is -0.497 e. The Morgan fingerprint density at radius 1 is 1.15 bits per heavy atom. The van der Waals surface area contributed by atoms with Crippen molar-refractivity contribution in [3.8, 4) is 5.75 Å². The molecule has 0 atom stereocenters. The molecule has 1 N–H and O–H groups in total. The Hall–Kier alpha value is -1.94. The van der Waals surface area contributed by atoms with Gasteiger partial charge in [-0.25, -0.2) is 9.97 Å². The third-order valence-electron chi connectivity index (χ3n) is 3.77. The van der Waals surface area contributed by atoms with Gasteiger partial charge in [-0.05, 0) is 30.5 Å². The van der Waals surface area contributed by atoms with Crippen LogP contribution < -0.4 is 10.1 Å². The van der Waals surface area contributed by atoms with Gasteiger partial charge in [0.15, 0.2) is 0 Å². The summed E-state index contributed by atoms with van der Waals surface area (Å²) in [6.45, 7) is 1.91. The molecule has 0 bridgehead atoms. The molecule has 1 aromatic carbocycles. The molecule has 3 rings (SSSR count). The van der Waals surface area contributed by atoms with Crippen molar-refractivity contribution in [1.29, 1.82) is 0 Å². The van der Waals surface area contributed by atoms with Crippen LogP contribution in [0.4, 0.5) is 0 Å². The SMILES string of the molecule is COc1ccc(CCc2ncnc3c2CNCC3)cc1. The lowest BCUT2D eigenvalue weighted by Gasteiger charge is -2.18. The highest BCUT2D eigenvalue weighted by atomic mass is 16.5. The molecule has 0 saturated heterocycles. The normalized spacial score (nSPS) is 13.8. The summed E-state index contributed by atoms with van der Waals surface area (Å²) < 4.78 is 5.18. The third-order valence-corrected chi connectivity index (χ3v) is 3.77. The molecule has 0 aliphatic carbocycles. The number of rotatable bonds is 4. The lowest BCUT2D eigenvalue weighted by atomic mass is 10.0. The van der Waals surface area contributed by atoms with E-state index in [9.17, 15) is 0 Å². The van der Waals surface area contributed by atoms with Gasteiger partial charge >= 0.3 is 0 Å². The van der Waals surface area contributed by atoms with E-state index in [2.05, 4.69) is 27.4 Å². The highest BCUT2D eigenvalue weighted by molar-refractivity contribution is 5.30. The van der Waals surface area contributed by atoms with Crippen molar-refractivity contribution >= 4 is 0 Å². The van der Waals surface area contributed by atoms with Crippen LogP contribution in [-0.4, -0.2) is 23.6 Å². The standard InChI is InChI=1S/C16H19N3O/c1-20-13-5-2-12(3-6-13)4-7-15-14-10-17-9-8-16(14)19-11-18-15/h2-3,5-6,11,17H,4,7-10H2,1H3. The van der Waals surface area contributed by atoms with E-state index in [0.29, 0.717) is 0 Å². The van der Waals surface area contributed by atoms with E-state index in [1.165, 1.54) is 22.5 Å². The fourth-order valence-corrected chi connectivity index (χ4v) is 2.60. The summed E-state index contributed by atoms with van der Waals surface area (Å²) in [5, 5.41) is 3.40. The van der Waals surface area contributed by atoms with Crippen LogP contribution in [0.3, 0.4) is 0 Å². The van der Waals surface area contributed by atoms with Gasteiger partial charge in [-0.2, -0.15) is 0 Å². The molecule has 1 aliphatic rings. The number of nitrogens with one attached hydrogen (secondary N) is 1. The predicted molar refractivity (Wildman–Crippen MR) is 77.8 cm³/mol. The number of aryl methyl sites for hydroxylation is 2. The average Bonchev–Trinajstić information content (AvgIpc) is 2.53. The summed E-state index contributed by atoms with van der Waals surface area (Å²) in [4.78, 5) is 8.85. The van der Waals surface area contributed by atoms with Gasteiger partial charge in [-0.15, -0.1) is 0 Å². The zero-order valence-electron chi connectivity index (χ0n) is 11.7.